The van der Waals surface area contributed by atoms with Crippen molar-refractivity contribution in [1.29, 1.82) is 0 Å². The highest BCUT2D eigenvalue weighted by Crippen LogP contribution is 2.53. The van der Waals surface area contributed by atoms with Gasteiger partial charge in [0.2, 0.25) is 0 Å². The van der Waals surface area contributed by atoms with Gasteiger partial charge in [0.1, 0.15) is 0 Å². The molecule has 3 atom stereocenters. The minimum Gasteiger partial charge on any atom is -0.336 e. The molecule has 14 heavy (non-hydrogen) atoms. The van der Waals surface area contributed by atoms with Gasteiger partial charge in [0, 0.05) is 5.92 Å². The molecule has 2 fully saturated rings. The van der Waals surface area contributed by atoms with Crippen LogP contribution in [-0.2, 0) is 28.5 Å². The Bertz CT molecular complexity index is 351. The molecule has 0 aliphatic carbocycles. The third-order valence-corrected chi connectivity index (χ3v) is 3.30. The molecule has 2 aliphatic rings. The van der Waals surface area contributed by atoms with Crippen LogP contribution in [0.25, 0.3) is 0 Å². The molecule has 0 bridgehead atoms. The quantitative estimate of drug-likeness (QED) is 0.642. The average molecular weight is 226 g/mol. The molecule has 0 radical (unpaired) electrons. The lowest BCUT2D eigenvalue weighted by molar-refractivity contribution is -0.680. The van der Waals surface area contributed by atoms with E-state index in [1.54, 1.807) is 13.8 Å². The molecule has 7 nitrogen and oxygen atoms in total. The van der Waals surface area contributed by atoms with Crippen molar-refractivity contribution in [1.82, 2.24) is 0 Å². The molecule has 0 aromatic carbocycles. The molecule has 2 rings (SSSR count). The first-order valence-corrected chi connectivity index (χ1v) is 5.44. The lowest BCUT2D eigenvalue weighted by atomic mass is 9.95. The zero-order chi connectivity index (χ0) is 10.6. The second kappa shape index (κ2) is 2.65. The smallest absolute Gasteiger partial charge is 0.336 e. The summed E-state index contributed by atoms with van der Waals surface area (Å²) in [6, 6.07) is 0. The Morgan fingerprint density at radius 2 is 2.00 bits per heavy atom. The minimum absolute atomic E-state index is 0.390. The van der Waals surface area contributed by atoms with Crippen molar-refractivity contribution in [2.45, 2.75) is 32.0 Å². The second-order valence-corrected chi connectivity index (χ2v) is 4.45. The maximum absolute atomic E-state index is 11.0. The molecule has 1 N–H and O–H groups in total. The summed E-state index contributed by atoms with van der Waals surface area (Å²) in [4.78, 5) is 8.79. The van der Waals surface area contributed by atoms with Gasteiger partial charge in [-0.05, 0) is 6.42 Å². The Labute approximate surface area is 80.8 Å². The zero-order valence-corrected chi connectivity index (χ0v) is 8.41. The highest BCUT2D eigenvalue weighted by molar-refractivity contribution is 7.82. The van der Waals surface area contributed by atoms with Gasteiger partial charge in [-0.25, -0.2) is 4.18 Å². The molecular weight excluding hydrogens is 216 g/mol. The lowest BCUT2D eigenvalue weighted by Crippen LogP contribution is -2.68. The number of hydrogen-bond donors (Lipinski definition) is 1. The fourth-order valence-electron chi connectivity index (χ4n) is 1.38. The van der Waals surface area contributed by atoms with Crippen molar-refractivity contribution in [2.24, 2.45) is 5.92 Å². The predicted molar refractivity (Wildman–Crippen MR) is 40.4 cm³/mol. The van der Waals surface area contributed by atoms with Gasteiger partial charge in [-0.2, -0.15) is 22.4 Å². The summed E-state index contributed by atoms with van der Waals surface area (Å²) in [5.41, 5.74) is 0. The van der Waals surface area contributed by atoms with Gasteiger partial charge in [-0.15, -0.1) is 0 Å². The number of fused-ring (bicyclic) bond motifs is 1. The molecule has 8 heteroatoms. The van der Waals surface area contributed by atoms with Crippen molar-refractivity contribution < 1.29 is 31.7 Å². The molecule has 82 valence electrons. The van der Waals surface area contributed by atoms with Gasteiger partial charge in [-0.1, -0.05) is 13.8 Å². The van der Waals surface area contributed by atoms with E-state index in [0.717, 1.165) is 0 Å². The summed E-state index contributed by atoms with van der Waals surface area (Å²) < 4.78 is 30.7. The van der Waals surface area contributed by atoms with Crippen molar-refractivity contribution >= 4 is 10.4 Å². The maximum atomic E-state index is 11.0. The van der Waals surface area contributed by atoms with Crippen LogP contribution in [0, 0.1) is 5.92 Å². The van der Waals surface area contributed by atoms with Crippen LogP contribution in [0.4, 0.5) is 0 Å². The van der Waals surface area contributed by atoms with Crippen LogP contribution in [0.3, 0.4) is 0 Å². The minimum atomic E-state index is -4.25. The Hall–Kier alpha value is -0.250. The van der Waals surface area contributed by atoms with Gasteiger partial charge in [0.25, 0.3) is 0 Å². The number of hydrogen-bond acceptors (Lipinski definition) is 7. The van der Waals surface area contributed by atoms with Crippen LogP contribution >= 0.6 is 0 Å². The molecule has 2 saturated heterocycles. The SMILES string of the molecule is CCC(C)C12OOC1(O)OS(=O)(=O)O2. The largest absolute Gasteiger partial charge is 0.407 e. The van der Waals surface area contributed by atoms with E-state index in [0.29, 0.717) is 6.42 Å². The van der Waals surface area contributed by atoms with Gasteiger partial charge in [0.15, 0.2) is 0 Å². The number of aliphatic hydroxyl groups is 1. The van der Waals surface area contributed by atoms with Crippen LogP contribution in [0.15, 0.2) is 0 Å². The third kappa shape index (κ3) is 1.06. The summed E-state index contributed by atoms with van der Waals surface area (Å²) in [6.07, 6.45) is 0.532. The molecule has 0 spiro atoms. The van der Waals surface area contributed by atoms with Crippen LogP contribution in [0.5, 0.6) is 0 Å². The fourth-order valence-corrected chi connectivity index (χ4v) is 2.44. The van der Waals surface area contributed by atoms with E-state index >= 15 is 0 Å². The van der Waals surface area contributed by atoms with Crippen molar-refractivity contribution in [3.63, 3.8) is 0 Å². The van der Waals surface area contributed by atoms with E-state index < -0.39 is 28.1 Å². The Morgan fingerprint density at radius 3 is 2.36 bits per heavy atom. The van der Waals surface area contributed by atoms with Crippen molar-refractivity contribution in [2.75, 3.05) is 0 Å². The van der Waals surface area contributed by atoms with Gasteiger partial charge >= 0.3 is 22.2 Å². The molecule has 3 unspecified atom stereocenters. The fraction of sp³-hybridized carbons (Fsp3) is 1.00. The standard InChI is InChI=1S/C6H10O7S/c1-3-4(2)5-6(7,11-10-5)13-14(8,9)12-5/h4,7H,3H2,1-2H3. The number of rotatable bonds is 2. The van der Waals surface area contributed by atoms with Crippen molar-refractivity contribution in [3.8, 4) is 0 Å². The van der Waals surface area contributed by atoms with Crippen LogP contribution < -0.4 is 0 Å². The van der Waals surface area contributed by atoms with E-state index in [-0.39, 0.29) is 0 Å². The summed E-state index contributed by atoms with van der Waals surface area (Å²) in [5, 5.41) is 9.56. The van der Waals surface area contributed by atoms with Crippen LogP contribution in [0.1, 0.15) is 20.3 Å². The predicted octanol–water partition coefficient (Wildman–Crippen LogP) is -0.372. The van der Waals surface area contributed by atoms with E-state index in [4.69, 9.17) is 0 Å². The molecule has 2 aliphatic heterocycles. The van der Waals surface area contributed by atoms with Crippen LogP contribution in [-0.4, -0.2) is 25.3 Å². The highest BCUT2D eigenvalue weighted by Gasteiger charge is 2.78. The monoisotopic (exact) mass is 226 g/mol. The Kier molecular flexibility index (Phi) is 1.95. The molecule has 0 aromatic rings. The van der Waals surface area contributed by atoms with Gasteiger partial charge in [0.05, 0.1) is 0 Å². The van der Waals surface area contributed by atoms with E-state index in [1.165, 1.54) is 0 Å². The summed E-state index contributed by atoms with van der Waals surface area (Å²) in [6.45, 7) is 3.44. The van der Waals surface area contributed by atoms with Gasteiger partial charge < -0.3 is 5.11 Å². The first-order chi connectivity index (χ1) is 6.35. The Balaban J connectivity index is 2.37. The van der Waals surface area contributed by atoms with Gasteiger partial charge in [-0.3, -0.25) is 0 Å². The maximum Gasteiger partial charge on any atom is 0.407 e. The summed E-state index contributed by atoms with van der Waals surface area (Å²) in [5.74, 6) is -4.50. The summed E-state index contributed by atoms with van der Waals surface area (Å²) >= 11 is 0. The van der Waals surface area contributed by atoms with E-state index in [2.05, 4.69) is 18.1 Å². The molecule has 0 amide bonds. The third-order valence-electron chi connectivity index (χ3n) is 2.42. The molecular formula is C6H10O7S. The normalized spacial score (nSPS) is 46.8. The first kappa shape index (κ1) is 10.3. The first-order valence-electron chi connectivity index (χ1n) is 4.10. The average Bonchev–Trinajstić information content (AvgIpc) is 2.22. The second-order valence-electron chi connectivity index (χ2n) is 3.30. The van der Waals surface area contributed by atoms with E-state index in [9.17, 15) is 13.5 Å². The zero-order valence-electron chi connectivity index (χ0n) is 7.59. The Morgan fingerprint density at radius 1 is 1.36 bits per heavy atom. The van der Waals surface area contributed by atoms with Crippen molar-refractivity contribution in [3.05, 3.63) is 0 Å². The molecule has 0 saturated carbocycles. The highest BCUT2D eigenvalue weighted by atomic mass is 32.3. The lowest BCUT2D eigenvalue weighted by Gasteiger charge is -2.45. The molecule has 2 heterocycles. The van der Waals surface area contributed by atoms with E-state index in [1.807, 2.05) is 0 Å². The molecule has 0 aromatic heterocycles. The van der Waals surface area contributed by atoms with Crippen LogP contribution in [0.2, 0.25) is 0 Å². The topological polar surface area (TPSA) is 91.3 Å². The summed E-state index contributed by atoms with van der Waals surface area (Å²) in [7, 11) is -4.25.